The van der Waals surface area contributed by atoms with Crippen molar-refractivity contribution in [2.75, 3.05) is 31.1 Å². The molecule has 2 atom stereocenters. The predicted molar refractivity (Wildman–Crippen MR) is 118 cm³/mol. The van der Waals surface area contributed by atoms with Crippen molar-refractivity contribution in [1.29, 1.82) is 0 Å². The molecule has 2 aromatic rings. The second kappa shape index (κ2) is 7.79. The van der Waals surface area contributed by atoms with Crippen LogP contribution in [-0.2, 0) is 23.2 Å². The van der Waals surface area contributed by atoms with Crippen LogP contribution in [0.4, 0.5) is 5.69 Å². The number of carbonyl (C=O) groups is 2. The minimum atomic E-state index is -0.574. The summed E-state index contributed by atoms with van der Waals surface area (Å²) in [5, 5.41) is 4.27. The van der Waals surface area contributed by atoms with E-state index in [4.69, 9.17) is 0 Å². The normalized spacial score (nSPS) is 25.8. The van der Waals surface area contributed by atoms with Crippen molar-refractivity contribution in [2.45, 2.75) is 38.3 Å². The van der Waals surface area contributed by atoms with Gasteiger partial charge in [-0.15, -0.1) is 0 Å². The number of aryl methyl sites for hydroxylation is 1. The first-order valence-corrected chi connectivity index (χ1v) is 11.4. The Morgan fingerprint density at radius 2 is 1.84 bits per heavy atom. The number of anilines is 1. The zero-order chi connectivity index (χ0) is 21.6. The predicted octanol–water partition coefficient (Wildman–Crippen LogP) is 2.29. The molecular formula is C24H31N5O2. The SMILES string of the molecule is C[C@@H]1C[C@H]1C(=O)N1CCC2(CC1)C(=O)N(c1cnn(C)c1)CCN2Cc1ccccc1. The fourth-order valence-electron chi connectivity index (χ4n) is 5.28. The van der Waals surface area contributed by atoms with Gasteiger partial charge in [0.2, 0.25) is 11.8 Å². The number of carbonyl (C=O) groups excluding carboxylic acids is 2. The number of nitrogens with zero attached hydrogens (tertiary/aromatic N) is 5. The molecule has 164 valence electrons. The average molecular weight is 422 g/mol. The molecule has 31 heavy (non-hydrogen) atoms. The van der Waals surface area contributed by atoms with Crippen molar-refractivity contribution in [3.8, 4) is 0 Å². The lowest BCUT2D eigenvalue weighted by Gasteiger charge is -2.52. The van der Waals surface area contributed by atoms with Gasteiger partial charge in [0, 0.05) is 51.9 Å². The average Bonchev–Trinajstić information content (AvgIpc) is 3.36. The molecule has 2 saturated heterocycles. The number of piperazine rings is 1. The third-order valence-electron chi connectivity index (χ3n) is 7.39. The second-order valence-electron chi connectivity index (χ2n) is 9.41. The number of piperidine rings is 1. The summed E-state index contributed by atoms with van der Waals surface area (Å²) in [6, 6.07) is 10.4. The maximum absolute atomic E-state index is 13.9. The Hall–Kier alpha value is -2.67. The monoisotopic (exact) mass is 421 g/mol. The van der Waals surface area contributed by atoms with Gasteiger partial charge in [-0.05, 0) is 30.7 Å². The van der Waals surface area contributed by atoms with Gasteiger partial charge in [-0.2, -0.15) is 5.10 Å². The van der Waals surface area contributed by atoms with Crippen LogP contribution in [0, 0.1) is 11.8 Å². The first-order valence-electron chi connectivity index (χ1n) is 11.4. The number of rotatable bonds is 4. The second-order valence-corrected chi connectivity index (χ2v) is 9.41. The third-order valence-corrected chi connectivity index (χ3v) is 7.39. The molecule has 0 N–H and O–H groups in total. The van der Waals surface area contributed by atoms with Crippen LogP contribution < -0.4 is 4.90 Å². The summed E-state index contributed by atoms with van der Waals surface area (Å²) in [5.74, 6) is 1.14. The van der Waals surface area contributed by atoms with Crippen LogP contribution in [0.5, 0.6) is 0 Å². The third kappa shape index (κ3) is 3.65. The molecule has 3 fully saturated rings. The lowest BCUT2D eigenvalue weighted by molar-refractivity contribution is -0.145. The highest BCUT2D eigenvalue weighted by Gasteiger charge is 2.52. The quantitative estimate of drug-likeness (QED) is 0.760. The van der Waals surface area contributed by atoms with E-state index in [2.05, 4.69) is 29.1 Å². The minimum Gasteiger partial charge on any atom is -0.342 e. The molecule has 1 aliphatic carbocycles. The fourth-order valence-corrected chi connectivity index (χ4v) is 5.28. The molecule has 1 spiro atoms. The number of hydrogen-bond donors (Lipinski definition) is 0. The van der Waals surface area contributed by atoms with Gasteiger partial charge in [0.25, 0.3) is 0 Å². The van der Waals surface area contributed by atoms with E-state index in [1.165, 1.54) is 5.56 Å². The van der Waals surface area contributed by atoms with Crippen LogP contribution in [0.1, 0.15) is 31.7 Å². The molecule has 7 heteroatoms. The van der Waals surface area contributed by atoms with Gasteiger partial charge in [-0.1, -0.05) is 37.3 Å². The van der Waals surface area contributed by atoms with Crippen molar-refractivity contribution in [1.82, 2.24) is 19.6 Å². The highest BCUT2D eigenvalue weighted by Crippen LogP contribution is 2.42. The molecule has 7 nitrogen and oxygen atoms in total. The van der Waals surface area contributed by atoms with Gasteiger partial charge in [0.15, 0.2) is 0 Å². The largest absolute Gasteiger partial charge is 0.342 e. The van der Waals surface area contributed by atoms with Crippen LogP contribution in [0.25, 0.3) is 0 Å². The molecule has 0 radical (unpaired) electrons. The number of amides is 2. The number of aromatic nitrogens is 2. The zero-order valence-electron chi connectivity index (χ0n) is 18.4. The van der Waals surface area contributed by atoms with E-state index in [0.29, 0.717) is 38.4 Å². The number of hydrogen-bond acceptors (Lipinski definition) is 4. The van der Waals surface area contributed by atoms with E-state index in [1.54, 1.807) is 10.9 Å². The summed E-state index contributed by atoms with van der Waals surface area (Å²) < 4.78 is 1.74. The molecule has 1 aromatic heterocycles. The maximum atomic E-state index is 13.9. The first-order chi connectivity index (χ1) is 15.0. The standard InChI is InChI=1S/C24H31N5O2/c1-18-14-21(18)22(30)27-10-8-24(9-11-27)23(31)29(20-15-25-26(2)17-20)13-12-28(24)16-19-6-4-3-5-7-19/h3-7,15,17-18,21H,8-14,16H2,1-2H3/t18-,21-/m1/s1. The summed E-state index contributed by atoms with van der Waals surface area (Å²) >= 11 is 0. The van der Waals surface area contributed by atoms with E-state index < -0.39 is 5.54 Å². The summed E-state index contributed by atoms with van der Waals surface area (Å²) in [6.07, 6.45) is 6.05. The molecule has 0 bridgehead atoms. The van der Waals surface area contributed by atoms with E-state index >= 15 is 0 Å². The van der Waals surface area contributed by atoms with Crippen LogP contribution in [0.2, 0.25) is 0 Å². The number of benzene rings is 1. The molecule has 5 rings (SSSR count). The highest BCUT2D eigenvalue weighted by molar-refractivity contribution is 6.01. The maximum Gasteiger partial charge on any atom is 0.247 e. The Kier molecular flexibility index (Phi) is 5.08. The summed E-state index contributed by atoms with van der Waals surface area (Å²) in [5.41, 5.74) is 1.50. The fraction of sp³-hybridized carbons (Fsp3) is 0.542. The lowest BCUT2D eigenvalue weighted by Crippen LogP contribution is -2.69. The summed E-state index contributed by atoms with van der Waals surface area (Å²) in [4.78, 5) is 33.0. The van der Waals surface area contributed by atoms with Crippen LogP contribution in [-0.4, -0.2) is 63.1 Å². The number of likely N-dealkylation sites (tertiary alicyclic amines) is 1. The Labute approximate surface area is 183 Å². The Morgan fingerprint density at radius 3 is 2.45 bits per heavy atom. The summed E-state index contributed by atoms with van der Waals surface area (Å²) in [6.45, 7) is 5.66. The molecular weight excluding hydrogens is 390 g/mol. The van der Waals surface area contributed by atoms with E-state index in [9.17, 15) is 9.59 Å². The van der Waals surface area contributed by atoms with Crippen LogP contribution >= 0.6 is 0 Å². The van der Waals surface area contributed by atoms with Crippen molar-refractivity contribution in [3.63, 3.8) is 0 Å². The molecule has 0 unspecified atom stereocenters. The molecule has 3 aliphatic rings. The lowest BCUT2D eigenvalue weighted by atomic mass is 9.81. The van der Waals surface area contributed by atoms with Gasteiger partial charge in [-0.25, -0.2) is 0 Å². The van der Waals surface area contributed by atoms with Crippen molar-refractivity contribution in [2.24, 2.45) is 18.9 Å². The summed E-state index contributed by atoms with van der Waals surface area (Å²) in [7, 11) is 1.87. The van der Waals surface area contributed by atoms with Crippen molar-refractivity contribution in [3.05, 3.63) is 48.3 Å². The minimum absolute atomic E-state index is 0.148. The van der Waals surface area contributed by atoms with Crippen molar-refractivity contribution < 1.29 is 9.59 Å². The van der Waals surface area contributed by atoms with E-state index in [0.717, 1.165) is 25.2 Å². The Morgan fingerprint density at radius 1 is 1.13 bits per heavy atom. The first kappa shape index (κ1) is 20.2. The van der Waals surface area contributed by atoms with Gasteiger partial charge in [0.1, 0.15) is 5.54 Å². The topological polar surface area (TPSA) is 61.7 Å². The van der Waals surface area contributed by atoms with Crippen LogP contribution in [0.15, 0.2) is 42.7 Å². The Bertz CT molecular complexity index is 963. The Balaban J connectivity index is 1.40. The van der Waals surface area contributed by atoms with Gasteiger partial charge in [0.05, 0.1) is 11.9 Å². The van der Waals surface area contributed by atoms with E-state index in [1.807, 2.05) is 41.2 Å². The van der Waals surface area contributed by atoms with Crippen LogP contribution in [0.3, 0.4) is 0 Å². The molecule has 1 saturated carbocycles. The van der Waals surface area contributed by atoms with Crippen molar-refractivity contribution >= 4 is 17.5 Å². The van der Waals surface area contributed by atoms with Gasteiger partial charge < -0.3 is 9.80 Å². The highest BCUT2D eigenvalue weighted by atomic mass is 16.2. The van der Waals surface area contributed by atoms with E-state index in [-0.39, 0.29) is 17.7 Å². The molecule has 3 heterocycles. The molecule has 2 amide bonds. The zero-order valence-corrected chi connectivity index (χ0v) is 18.4. The van der Waals surface area contributed by atoms with Gasteiger partial charge >= 0.3 is 0 Å². The smallest absolute Gasteiger partial charge is 0.247 e. The van der Waals surface area contributed by atoms with Gasteiger partial charge in [-0.3, -0.25) is 19.2 Å². The molecule has 2 aliphatic heterocycles. The molecule has 1 aromatic carbocycles.